The molecule has 0 spiro atoms. The number of thiazole rings is 1. The Balaban J connectivity index is 1.31. The molecule has 38 heavy (non-hydrogen) atoms. The first kappa shape index (κ1) is 26.3. The van der Waals surface area contributed by atoms with Crippen LogP contribution in [0, 0.1) is 0 Å². The maximum atomic E-state index is 14.9. The van der Waals surface area contributed by atoms with E-state index in [1.165, 1.54) is 12.1 Å². The van der Waals surface area contributed by atoms with Gasteiger partial charge in [-0.05, 0) is 18.6 Å². The van der Waals surface area contributed by atoms with E-state index in [0.717, 1.165) is 23.6 Å². The average molecular weight is 559 g/mol. The van der Waals surface area contributed by atoms with E-state index in [1.807, 2.05) is 0 Å². The number of benzene rings is 1. The number of halogens is 4. The molecule has 1 saturated heterocycles. The molecule has 1 amide bonds. The van der Waals surface area contributed by atoms with Crippen molar-refractivity contribution in [2.75, 3.05) is 25.0 Å². The third-order valence-corrected chi connectivity index (χ3v) is 7.55. The van der Waals surface area contributed by atoms with E-state index in [0.29, 0.717) is 10.2 Å². The first-order valence-electron chi connectivity index (χ1n) is 11.5. The number of anilines is 1. The minimum Gasteiger partial charge on any atom is -0.395 e. The highest BCUT2D eigenvalue weighted by Gasteiger charge is 2.47. The molecule has 2 aliphatic heterocycles. The highest BCUT2D eigenvalue weighted by molar-refractivity contribution is 7.22. The summed E-state index contributed by atoms with van der Waals surface area (Å²) in [5, 5.41) is 21.8. The van der Waals surface area contributed by atoms with Crippen LogP contribution in [0.3, 0.4) is 0 Å². The van der Waals surface area contributed by atoms with Crippen LogP contribution < -0.4 is 20.3 Å². The van der Waals surface area contributed by atoms with E-state index in [4.69, 9.17) is 0 Å². The van der Waals surface area contributed by atoms with Crippen LogP contribution in [0.1, 0.15) is 36.5 Å². The zero-order chi connectivity index (χ0) is 27.4. The number of amides is 1. The lowest BCUT2D eigenvalue weighted by Gasteiger charge is -2.40. The molecule has 0 unspecified atom stereocenters. The van der Waals surface area contributed by atoms with Crippen molar-refractivity contribution in [3.63, 3.8) is 0 Å². The number of carbonyl (C=O) groups excluding carboxylic acids is 1. The van der Waals surface area contributed by atoms with E-state index < -0.39 is 54.8 Å². The number of aromatic amines is 1. The van der Waals surface area contributed by atoms with Gasteiger partial charge in [-0.1, -0.05) is 11.3 Å². The van der Waals surface area contributed by atoms with Gasteiger partial charge in [0.15, 0.2) is 16.6 Å². The fourth-order valence-corrected chi connectivity index (χ4v) is 5.37. The molecule has 1 aromatic carbocycles. The topological polar surface area (TPSA) is 137 Å². The third kappa shape index (κ3) is 4.93. The Hall–Kier alpha value is -3.27. The molecule has 1 fully saturated rings. The smallest absolute Gasteiger partial charge is 0.395 e. The Bertz CT molecular complexity index is 1400. The minimum absolute atomic E-state index is 0.0589. The summed E-state index contributed by atoms with van der Waals surface area (Å²) in [6, 6.07) is 2.89. The van der Waals surface area contributed by atoms with Crippen LogP contribution in [0.2, 0.25) is 0 Å². The van der Waals surface area contributed by atoms with E-state index in [2.05, 4.69) is 24.8 Å². The van der Waals surface area contributed by atoms with Gasteiger partial charge in [-0.3, -0.25) is 14.5 Å². The first-order valence-corrected chi connectivity index (χ1v) is 12.3. The van der Waals surface area contributed by atoms with Gasteiger partial charge in [0.2, 0.25) is 5.91 Å². The molecule has 5 rings (SSSR count). The number of aliphatic hydroxyl groups excluding tert-OH is 2. The van der Waals surface area contributed by atoms with Crippen LogP contribution in [0.15, 0.2) is 29.2 Å². The number of likely N-dealkylation sites (tertiary alicyclic amines) is 1. The van der Waals surface area contributed by atoms with Gasteiger partial charge in [0.05, 0.1) is 28.8 Å². The van der Waals surface area contributed by atoms with Crippen LogP contribution >= 0.6 is 11.3 Å². The molecule has 3 atom stereocenters. The van der Waals surface area contributed by atoms with Gasteiger partial charge in [-0.2, -0.15) is 0 Å². The Kier molecular flexibility index (Phi) is 6.57. The van der Waals surface area contributed by atoms with Gasteiger partial charge >= 0.3 is 6.29 Å². The third-order valence-electron chi connectivity index (χ3n) is 6.62. The number of nitrogens with one attached hydrogen (secondary N) is 2. The molecule has 0 aliphatic carbocycles. The van der Waals surface area contributed by atoms with Gasteiger partial charge < -0.3 is 30.0 Å². The van der Waals surface area contributed by atoms with E-state index >= 15 is 0 Å². The Labute approximate surface area is 215 Å². The number of ether oxygens (including phenoxy) is 2. The van der Waals surface area contributed by atoms with Crippen LogP contribution in [0.25, 0.3) is 10.2 Å². The number of aromatic nitrogens is 2. The number of pyridine rings is 1. The second kappa shape index (κ2) is 9.48. The number of alkyl halides is 4. The fraction of sp³-hybridized carbons (Fsp3) is 0.435. The van der Waals surface area contributed by atoms with E-state index in [1.54, 1.807) is 11.8 Å². The lowest BCUT2D eigenvalue weighted by molar-refractivity contribution is -0.286. The van der Waals surface area contributed by atoms with Gasteiger partial charge in [0.25, 0.3) is 11.5 Å². The molecule has 4 N–H and O–H groups in total. The lowest BCUT2D eigenvalue weighted by Crippen LogP contribution is -2.52. The number of fused-ring (bicyclic) bond motifs is 2. The molecule has 204 valence electrons. The number of carbonyl (C=O) groups is 1. The quantitative estimate of drug-likeness (QED) is 0.339. The lowest BCUT2D eigenvalue weighted by atomic mass is 9.86. The second-order valence-corrected chi connectivity index (χ2v) is 10.1. The number of nitrogens with zero attached hydrogens (tertiary/aromatic N) is 2. The molecule has 0 saturated carbocycles. The summed E-state index contributed by atoms with van der Waals surface area (Å²) in [6.07, 6.45) is -4.70. The Morgan fingerprint density at radius 2 is 2.00 bits per heavy atom. The van der Waals surface area contributed by atoms with Crippen LogP contribution in [-0.2, 0) is 4.79 Å². The van der Waals surface area contributed by atoms with Crippen molar-refractivity contribution in [2.24, 2.45) is 0 Å². The van der Waals surface area contributed by atoms with Crippen molar-refractivity contribution in [3.8, 4) is 11.5 Å². The monoisotopic (exact) mass is 558 g/mol. The summed E-state index contributed by atoms with van der Waals surface area (Å²) in [5.41, 5.74) is -0.574. The van der Waals surface area contributed by atoms with E-state index in [9.17, 15) is 37.4 Å². The van der Waals surface area contributed by atoms with Crippen molar-refractivity contribution < 1.29 is 42.0 Å². The molecule has 0 radical (unpaired) electrons. The summed E-state index contributed by atoms with van der Waals surface area (Å²) in [4.78, 5) is 33.1. The predicted octanol–water partition coefficient (Wildman–Crippen LogP) is 2.78. The zero-order valence-electron chi connectivity index (χ0n) is 19.7. The molecule has 2 aliphatic rings. The highest BCUT2D eigenvalue weighted by Crippen LogP contribution is 2.45. The average Bonchev–Trinajstić information content (AvgIpc) is 3.38. The second-order valence-electron chi connectivity index (χ2n) is 9.09. The maximum Gasteiger partial charge on any atom is 0.586 e. The zero-order valence-corrected chi connectivity index (χ0v) is 20.5. The molecule has 3 aromatic rings. The molecular weight excluding hydrogens is 536 g/mol. The van der Waals surface area contributed by atoms with Crippen molar-refractivity contribution in [3.05, 3.63) is 45.9 Å². The fourth-order valence-electron chi connectivity index (χ4n) is 4.49. The van der Waals surface area contributed by atoms with E-state index in [-0.39, 0.29) is 40.8 Å². The summed E-state index contributed by atoms with van der Waals surface area (Å²) >= 11 is 1.02. The summed E-state index contributed by atoms with van der Waals surface area (Å²) in [6.45, 7) is 0.494. The molecule has 15 heteroatoms. The standard InChI is InChI=1S/C23H22F4N4O6S/c1-10(19(34)30-21-29-14-5-16-17(6-18(14)38-21)37-23(26,27)36-16)31-3-2-22(24,25)13(8-31)11-4-12(15(33)9-32)20(35)28-7-11/h4-7,10,13,15,32-33H,2-3,8-9H2,1H3,(H,28,35)(H,29,30,34)/t10-,13-,15-/m0/s1. The van der Waals surface area contributed by atoms with Gasteiger partial charge in [0, 0.05) is 43.4 Å². The minimum atomic E-state index is -3.77. The van der Waals surface area contributed by atoms with Crippen LogP contribution in [0.4, 0.5) is 22.7 Å². The number of rotatable bonds is 6. The SMILES string of the molecule is C[C@@H](C(=O)Nc1nc2cc3c(cc2s1)OC(F)(F)O3)N1CCC(F)(F)[C@H](c2c[nH]c(=O)c([C@@H](O)CO)c2)C1. The summed E-state index contributed by atoms with van der Waals surface area (Å²) < 4.78 is 65.7. The first-order chi connectivity index (χ1) is 17.9. The highest BCUT2D eigenvalue weighted by atomic mass is 32.1. The van der Waals surface area contributed by atoms with Crippen molar-refractivity contribution in [1.82, 2.24) is 14.9 Å². The summed E-state index contributed by atoms with van der Waals surface area (Å²) in [5.74, 6) is -5.40. The van der Waals surface area contributed by atoms with Gasteiger partial charge in [0.1, 0.15) is 6.10 Å². The van der Waals surface area contributed by atoms with Crippen LogP contribution in [-0.4, -0.2) is 68.9 Å². The van der Waals surface area contributed by atoms with Gasteiger partial charge in [-0.15, -0.1) is 8.78 Å². The number of piperidine rings is 1. The molecular formula is C23H22F4N4O6S. The molecule has 0 bridgehead atoms. The van der Waals surface area contributed by atoms with Crippen LogP contribution in [0.5, 0.6) is 11.5 Å². The number of H-pyrrole nitrogens is 1. The number of hydrogen-bond acceptors (Lipinski definition) is 9. The number of hydrogen-bond donors (Lipinski definition) is 4. The summed E-state index contributed by atoms with van der Waals surface area (Å²) in [7, 11) is 0. The maximum absolute atomic E-state index is 14.9. The Morgan fingerprint density at radius 3 is 2.71 bits per heavy atom. The predicted molar refractivity (Wildman–Crippen MR) is 127 cm³/mol. The number of aliphatic hydroxyl groups is 2. The Morgan fingerprint density at radius 1 is 1.29 bits per heavy atom. The molecule has 2 aromatic heterocycles. The van der Waals surface area contributed by atoms with Crippen molar-refractivity contribution in [1.29, 1.82) is 0 Å². The molecule has 10 nitrogen and oxygen atoms in total. The largest absolute Gasteiger partial charge is 0.586 e. The normalized spacial score (nSPS) is 21.8. The van der Waals surface area contributed by atoms with Gasteiger partial charge in [-0.25, -0.2) is 13.8 Å². The van der Waals surface area contributed by atoms with Crippen molar-refractivity contribution >= 4 is 32.6 Å². The van der Waals surface area contributed by atoms with Crippen molar-refractivity contribution in [2.45, 2.75) is 43.6 Å². The molecule has 4 heterocycles.